The monoisotopic (exact) mass is 328 g/mol. The van der Waals surface area contributed by atoms with Crippen molar-refractivity contribution in [2.75, 3.05) is 23.8 Å². The zero-order valence-corrected chi connectivity index (χ0v) is 14.9. The maximum absolute atomic E-state index is 8.93. The average molecular weight is 328 g/mol. The molecule has 0 aliphatic heterocycles. The first-order valence-electron chi connectivity index (χ1n) is 8.39. The van der Waals surface area contributed by atoms with Crippen molar-refractivity contribution in [1.29, 1.82) is 0 Å². The summed E-state index contributed by atoms with van der Waals surface area (Å²) in [7, 11) is 0. The Hall–Kier alpha value is -2.14. The van der Waals surface area contributed by atoms with E-state index in [4.69, 9.17) is 10.8 Å². The van der Waals surface area contributed by atoms with E-state index in [1.807, 2.05) is 6.07 Å². The second kappa shape index (κ2) is 8.11. The topological polar surface area (TPSA) is 75.3 Å². The highest BCUT2D eigenvalue weighted by Gasteiger charge is 2.18. The van der Waals surface area contributed by atoms with E-state index >= 15 is 0 Å². The van der Waals surface area contributed by atoms with Crippen LogP contribution in [0.1, 0.15) is 38.3 Å². The van der Waals surface area contributed by atoms with Gasteiger partial charge < -0.3 is 15.7 Å². The van der Waals surface area contributed by atoms with Crippen molar-refractivity contribution in [3.05, 3.63) is 47.7 Å². The first-order valence-corrected chi connectivity index (χ1v) is 8.39. The van der Waals surface area contributed by atoms with Crippen LogP contribution in [0.4, 0.5) is 11.8 Å². The number of hydrogen-bond acceptors (Lipinski definition) is 5. The maximum Gasteiger partial charge on any atom is 0.221 e. The third kappa shape index (κ3) is 5.81. The molecule has 5 heteroatoms. The number of benzene rings is 1. The summed E-state index contributed by atoms with van der Waals surface area (Å²) < 4.78 is 0. The molecule has 0 spiro atoms. The van der Waals surface area contributed by atoms with Gasteiger partial charge in [0, 0.05) is 25.9 Å². The Morgan fingerprint density at radius 2 is 1.75 bits per heavy atom. The molecule has 0 saturated heterocycles. The molecule has 3 N–H and O–H groups in total. The Labute approximate surface area is 144 Å². The highest BCUT2D eigenvalue weighted by molar-refractivity contribution is 5.42. The van der Waals surface area contributed by atoms with Gasteiger partial charge in [-0.25, -0.2) is 4.98 Å². The molecule has 130 valence electrons. The molecule has 0 fully saturated rings. The molecule has 0 aliphatic rings. The van der Waals surface area contributed by atoms with Crippen LogP contribution in [0.5, 0.6) is 0 Å². The minimum Gasteiger partial charge on any atom is -0.396 e. The van der Waals surface area contributed by atoms with Gasteiger partial charge in [0.2, 0.25) is 5.95 Å². The van der Waals surface area contributed by atoms with Gasteiger partial charge in [0.05, 0.1) is 0 Å². The van der Waals surface area contributed by atoms with Crippen LogP contribution in [0, 0.1) is 5.41 Å². The summed E-state index contributed by atoms with van der Waals surface area (Å²) in [5.74, 6) is 1.15. The standard InChI is InChI=1S/C19H28N4O/c1-19(2,3)14-23(17-10-11-21-18(20)22-17)13-16-8-6-15(7-9-16)5-4-12-24/h6-11,24H,4-5,12-14H2,1-3H3,(H2,20,21,22). The van der Waals surface area contributed by atoms with Crippen LogP contribution in [0.25, 0.3) is 0 Å². The normalized spacial score (nSPS) is 11.5. The first-order chi connectivity index (χ1) is 11.4. The summed E-state index contributed by atoms with van der Waals surface area (Å²) in [6.07, 6.45) is 3.41. The van der Waals surface area contributed by atoms with E-state index in [0.717, 1.165) is 31.7 Å². The van der Waals surface area contributed by atoms with Gasteiger partial charge >= 0.3 is 0 Å². The third-order valence-electron chi connectivity index (χ3n) is 3.67. The number of nitrogen functional groups attached to an aromatic ring is 1. The van der Waals surface area contributed by atoms with Crippen molar-refractivity contribution in [2.24, 2.45) is 5.41 Å². The van der Waals surface area contributed by atoms with E-state index in [9.17, 15) is 0 Å². The predicted octanol–water partition coefficient (Wildman–Crippen LogP) is 3.04. The van der Waals surface area contributed by atoms with Crippen LogP contribution < -0.4 is 10.6 Å². The van der Waals surface area contributed by atoms with Crippen LogP contribution in [0.15, 0.2) is 36.5 Å². The smallest absolute Gasteiger partial charge is 0.221 e. The largest absolute Gasteiger partial charge is 0.396 e. The lowest BCUT2D eigenvalue weighted by Crippen LogP contribution is -2.33. The minimum absolute atomic E-state index is 0.140. The summed E-state index contributed by atoms with van der Waals surface area (Å²) in [5, 5.41) is 8.93. The van der Waals surface area contributed by atoms with Crippen molar-refractivity contribution < 1.29 is 5.11 Å². The SMILES string of the molecule is CC(C)(C)CN(Cc1ccc(CCCO)cc1)c1ccnc(N)n1. The Balaban J connectivity index is 2.15. The van der Waals surface area contributed by atoms with E-state index < -0.39 is 0 Å². The van der Waals surface area contributed by atoms with E-state index in [0.29, 0.717) is 5.95 Å². The number of aliphatic hydroxyl groups is 1. The van der Waals surface area contributed by atoms with Gasteiger partial charge in [-0.3, -0.25) is 0 Å². The molecule has 0 atom stereocenters. The summed E-state index contributed by atoms with van der Waals surface area (Å²) in [5.41, 5.74) is 8.37. The lowest BCUT2D eigenvalue weighted by molar-refractivity contribution is 0.288. The molecule has 0 aliphatic carbocycles. The van der Waals surface area contributed by atoms with Crippen molar-refractivity contribution in [3.63, 3.8) is 0 Å². The van der Waals surface area contributed by atoms with Crippen molar-refractivity contribution in [1.82, 2.24) is 9.97 Å². The van der Waals surface area contributed by atoms with Gasteiger partial charge in [-0.1, -0.05) is 45.0 Å². The molecule has 1 heterocycles. The second-order valence-electron chi connectivity index (χ2n) is 7.33. The van der Waals surface area contributed by atoms with Gasteiger partial charge in [-0.05, 0) is 35.4 Å². The maximum atomic E-state index is 8.93. The summed E-state index contributed by atoms with van der Waals surface area (Å²) in [6, 6.07) is 10.5. The molecule has 0 bridgehead atoms. The number of hydrogen-bond donors (Lipinski definition) is 2. The Bertz CT molecular complexity index is 635. The van der Waals surface area contributed by atoms with E-state index in [1.54, 1.807) is 6.20 Å². The molecule has 0 unspecified atom stereocenters. The number of aromatic nitrogens is 2. The van der Waals surface area contributed by atoms with Crippen molar-refractivity contribution >= 4 is 11.8 Å². The van der Waals surface area contributed by atoms with Gasteiger partial charge in [-0.2, -0.15) is 4.98 Å². The van der Waals surface area contributed by atoms with E-state index in [1.165, 1.54) is 11.1 Å². The molecule has 0 amide bonds. The number of aryl methyl sites for hydroxylation is 1. The number of rotatable bonds is 7. The van der Waals surface area contributed by atoms with Crippen molar-refractivity contribution in [2.45, 2.75) is 40.2 Å². The molecule has 1 aromatic heterocycles. The fraction of sp³-hybridized carbons (Fsp3) is 0.474. The number of nitrogens with two attached hydrogens (primary N) is 1. The number of nitrogens with zero attached hydrogens (tertiary/aromatic N) is 3. The van der Waals surface area contributed by atoms with Gasteiger partial charge in [-0.15, -0.1) is 0 Å². The number of aliphatic hydroxyl groups excluding tert-OH is 1. The lowest BCUT2D eigenvalue weighted by Gasteiger charge is -2.31. The van der Waals surface area contributed by atoms with Crippen molar-refractivity contribution in [3.8, 4) is 0 Å². The van der Waals surface area contributed by atoms with Crippen LogP contribution in [-0.4, -0.2) is 28.2 Å². The van der Waals surface area contributed by atoms with E-state index in [-0.39, 0.29) is 12.0 Å². The first kappa shape index (κ1) is 18.2. The summed E-state index contributed by atoms with van der Waals surface area (Å²) >= 11 is 0. The van der Waals surface area contributed by atoms with Gasteiger partial charge in [0.15, 0.2) is 0 Å². The highest BCUT2D eigenvalue weighted by atomic mass is 16.2. The molecular formula is C19H28N4O. The number of anilines is 2. The lowest BCUT2D eigenvalue weighted by atomic mass is 9.95. The molecule has 5 nitrogen and oxygen atoms in total. The average Bonchev–Trinajstić information content (AvgIpc) is 2.52. The minimum atomic E-state index is 0.140. The van der Waals surface area contributed by atoms with Crippen LogP contribution in [-0.2, 0) is 13.0 Å². The summed E-state index contributed by atoms with van der Waals surface area (Å²) in [6.45, 7) is 8.51. The van der Waals surface area contributed by atoms with Gasteiger partial charge in [0.1, 0.15) is 5.82 Å². The molecule has 0 saturated carbocycles. The molecule has 1 aromatic carbocycles. The predicted molar refractivity (Wildman–Crippen MR) is 98.8 cm³/mol. The van der Waals surface area contributed by atoms with Crippen LogP contribution in [0.3, 0.4) is 0 Å². The van der Waals surface area contributed by atoms with Crippen LogP contribution >= 0.6 is 0 Å². The fourth-order valence-corrected chi connectivity index (χ4v) is 2.65. The Morgan fingerprint density at radius 1 is 1.08 bits per heavy atom. The molecule has 24 heavy (non-hydrogen) atoms. The quantitative estimate of drug-likeness (QED) is 0.817. The highest BCUT2D eigenvalue weighted by Crippen LogP contribution is 2.22. The second-order valence-corrected chi connectivity index (χ2v) is 7.33. The zero-order chi connectivity index (χ0) is 17.6. The zero-order valence-electron chi connectivity index (χ0n) is 14.9. The summed E-state index contributed by atoms with van der Waals surface area (Å²) in [4.78, 5) is 10.6. The molecule has 2 rings (SSSR count). The Kier molecular flexibility index (Phi) is 6.15. The fourth-order valence-electron chi connectivity index (χ4n) is 2.65. The molecular weight excluding hydrogens is 300 g/mol. The molecule has 2 aromatic rings. The third-order valence-corrected chi connectivity index (χ3v) is 3.67. The van der Waals surface area contributed by atoms with Gasteiger partial charge in [0.25, 0.3) is 0 Å². The Morgan fingerprint density at radius 3 is 2.33 bits per heavy atom. The molecule has 0 radical (unpaired) electrons. The van der Waals surface area contributed by atoms with E-state index in [2.05, 4.69) is 59.9 Å². The van der Waals surface area contributed by atoms with Crippen LogP contribution in [0.2, 0.25) is 0 Å².